The van der Waals surface area contributed by atoms with Crippen LogP contribution in [0.5, 0.6) is 5.75 Å². The quantitative estimate of drug-likeness (QED) is 0.185. The summed E-state index contributed by atoms with van der Waals surface area (Å²) in [5.41, 5.74) is 6.15. The van der Waals surface area contributed by atoms with Crippen molar-refractivity contribution in [1.82, 2.24) is 14.3 Å². The van der Waals surface area contributed by atoms with Gasteiger partial charge >= 0.3 is 12.1 Å². The molecular weight excluding hydrogens is 672 g/mol. The predicted molar refractivity (Wildman–Crippen MR) is 175 cm³/mol. The van der Waals surface area contributed by atoms with E-state index in [2.05, 4.69) is 49.6 Å². The lowest BCUT2D eigenvalue weighted by atomic mass is 10.0. The first kappa shape index (κ1) is 36.3. The maximum atomic E-state index is 11.4. The average molecular weight is 706 g/mol. The Bertz CT molecular complexity index is 1920. The third kappa shape index (κ3) is 8.49. The molecule has 254 valence electrons. The molecule has 14 heteroatoms. The number of aromatic carboxylic acids is 1. The molecule has 0 fully saturated rings. The molecule has 0 saturated heterocycles. The standard InChI is InChI=1S/C32H32Cl2N4O3.C2HF3O2/c1-20(2)25-18-35-38(31-26(33)6-5-7-27(31)34)30(25)19-41-24-10-11-28(21(3)16-24)36(4)14-15-37-13-12-22-8-9-23(32(39)40)17-29(22)37;3-2(4,5)1(6)7/h5-13,16-18,20H,14-15,19H2,1-4H3,(H,39,40);(H,6,7). The molecule has 2 heterocycles. The first-order chi connectivity index (χ1) is 22.6. The summed E-state index contributed by atoms with van der Waals surface area (Å²) in [4.78, 5) is 21.5. The van der Waals surface area contributed by atoms with Crippen molar-refractivity contribution in [3.63, 3.8) is 0 Å². The lowest BCUT2D eigenvalue weighted by molar-refractivity contribution is -0.811. The van der Waals surface area contributed by atoms with E-state index in [4.69, 9.17) is 37.8 Å². The Balaban J connectivity index is 0.000000671. The molecule has 1 unspecified atom stereocenters. The molecule has 3 aromatic carbocycles. The van der Waals surface area contributed by atoms with Gasteiger partial charge in [0, 0.05) is 23.3 Å². The minimum absolute atomic E-state index is 0.248. The van der Waals surface area contributed by atoms with Crippen molar-refractivity contribution in [1.29, 1.82) is 0 Å². The van der Waals surface area contributed by atoms with Crippen LogP contribution in [0.4, 0.5) is 18.9 Å². The van der Waals surface area contributed by atoms with E-state index >= 15 is 0 Å². The van der Waals surface area contributed by atoms with Gasteiger partial charge in [0.2, 0.25) is 0 Å². The summed E-state index contributed by atoms with van der Waals surface area (Å²) in [6, 6.07) is 18.8. The Morgan fingerprint density at radius 2 is 1.73 bits per heavy atom. The van der Waals surface area contributed by atoms with Crippen molar-refractivity contribution in [3.8, 4) is 11.4 Å². The molecule has 2 aromatic heterocycles. The van der Waals surface area contributed by atoms with Crippen LogP contribution in [-0.2, 0) is 17.9 Å². The first-order valence-corrected chi connectivity index (χ1v) is 15.5. The molecule has 9 nitrogen and oxygen atoms in total. The zero-order valence-corrected chi connectivity index (χ0v) is 28.0. The van der Waals surface area contributed by atoms with Crippen LogP contribution >= 0.6 is 23.2 Å². The second-order valence-electron chi connectivity index (χ2n) is 11.4. The number of likely N-dealkylation sites (N-methyl/N-ethyl adjacent to an activating group) is 1. The average Bonchev–Trinajstić information content (AvgIpc) is 3.62. The highest BCUT2D eigenvalue weighted by molar-refractivity contribution is 6.37. The largest absolute Gasteiger partial charge is 0.542 e. The zero-order chi connectivity index (χ0) is 35.3. The summed E-state index contributed by atoms with van der Waals surface area (Å²) >= 11 is 13.0. The number of nitrogens with zero attached hydrogens (tertiary/aromatic N) is 3. The fraction of sp³-hybridized carbons (Fsp3) is 0.265. The maximum Gasteiger partial charge on any atom is 0.430 e. The Morgan fingerprint density at radius 3 is 2.31 bits per heavy atom. The number of carboxylic acids is 2. The van der Waals surface area contributed by atoms with E-state index in [9.17, 15) is 23.1 Å². The Kier molecular flexibility index (Phi) is 11.5. The van der Waals surface area contributed by atoms with Crippen molar-refractivity contribution in [2.45, 2.75) is 46.0 Å². The third-order valence-electron chi connectivity index (χ3n) is 7.69. The number of halogens is 5. The minimum atomic E-state index is -5.19. The van der Waals surface area contributed by atoms with Crippen LogP contribution in [0.3, 0.4) is 0 Å². The van der Waals surface area contributed by atoms with Gasteiger partial charge in [-0.15, -0.1) is 0 Å². The number of para-hydroxylation sites is 1. The topological polar surface area (TPSA) is 114 Å². The number of aryl methyl sites for hydroxylation is 1. The van der Waals surface area contributed by atoms with Crippen molar-refractivity contribution in [2.75, 3.05) is 13.6 Å². The number of alkyl halides is 3. The number of rotatable bonds is 10. The second kappa shape index (κ2) is 15.1. The SMILES string of the molecule is Cc1cc(OCc2c(C(C)C)cnn2-c2c(Cl)cccc2Cl)ccc1[NH+](C)CCn1ccc2ccc(C(=O)O)cc21.O=C([O-])C(F)(F)F. The number of nitrogens with one attached hydrogen (secondary N) is 1. The van der Waals surface area contributed by atoms with Gasteiger partial charge in [-0.3, -0.25) is 0 Å². The molecule has 0 aliphatic rings. The highest BCUT2D eigenvalue weighted by Crippen LogP contribution is 2.32. The molecule has 0 aliphatic heterocycles. The fourth-order valence-corrected chi connectivity index (χ4v) is 5.75. The molecular formula is C34H33Cl2F3N4O5. The highest BCUT2D eigenvalue weighted by atomic mass is 35.5. The number of aliphatic carboxylic acids is 1. The smallest absolute Gasteiger partial charge is 0.430 e. The van der Waals surface area contributed by atoms with Gasteiger partial charge in [0.05, 0.1) is 47.6 Å². The maximum absolute atomic E-state index is 11.4. The van der Waals surface area contributed by atoms with E-state index in [1.54, 1.807) is 28.9 Å². The Morgan fingerprint density at radius 1 is 1.06 bits per heavy atom. The number of carbonyl (C=O) groups excluding carboxylic acids is 1. The molecule has 0 spiro atoms. The van der Waals surface area contributed by atoms with E-state index in [1.807, 2.05) is 36.7 Å². The number of hydrogen-bond acceptors (Lipinski definition) is 5. The minimum Gasteiger partial charge on any atom is -0.542 e. The van der Waals surface area contributed by atoms with Crippen LogP contribution in [-0.4, -0.2) is 51.2 Å². The van der Waals surface area contributed by atoms with Gasteiger partial charge in [0.25, 0.3) is 0 Å². The summed E-state index contributed by atoms with van der Waals surface area (Å²) in [5, 5.41) is 24.8. The van der Waals surface area contributed by atoms with Gasteiger partial charge in [0.15, 0.2) is 0 Å². The van der Waals surface area contributed by atoms with Crippen molar-refractivity contribution < 1.29 is 42.6 Å². The molecule has 5 rings (SSSR count). The van der Waals surface area contributed by atoms with E-state index in [-0.39, 0.29) is 5.92 Å². The van der Waals surface area contributed by atoms with Crippen molar-refractivity contribution in [2.24, 2.45) is 0 Å². The highest BCUT2D eigenvalue weighted by Gasteiger charge is 2.29. The molecule has 0 radical (unpaired) electrons. The van der Waals surface area contributed by atoms with Gasteiger partial charge in [-0.25, -0.2) is 9.48 Å². The zero-order valence-electron chi connectivity index (χ0n) is 26.4. The van der Waals surface area contributed by atoms with Crippen LogP contribution in [0, 0.1) is 6.92 Å². The molecule has 0 saturated carbocycles. The van der Waals surface area contributed by atoms with Crippen molar-refractivity contribution >= 4 is 51.7 Å². The summed E-state index contributed by atoms with van der Waals surface area (Å²) in [5.74, 6) is -2.91. The van der Waals surface area contributed by atoms with E-state index in [0.29, 0.717) is 27.9 Å². The molecule has 48 heavy (non-hydrogen) atoms. The van der Waals surface area contributed by atoms with E-state index < -0.39 is 18.1 Å². The number of aromatic nitrogens is 3. The molecule has 5 aromatic rings. The normalized spacial score (nSPS) is 12.1. The van der Waals surface area contributed by atoms with Gasteiger partial charge in [-0.1, -0.05) is 49.2 Å². The summed E-state index contributed by atoms with van der Waals surface area (Å²) in [7, 11) is 2.14. The predicted octanol–water partition coefficient (Wildman–Crippen LogP) is 5.99. The van der Waals surface area contributed by atoms with Gasteiger partial charge in [-0.2, -0.15) is 18.3 Å². The fourth-order valence-electron chi connectivity index (χ4n) is 5.19. The number of fused-ring (bicyclic) bond motifs is 1. The molecule has 0 bridgehead atoms. The number of quaternary nitrogens is 1. The summed E-state index contributed by atoms with van der Waals surface area (Å²) < 4.78 is 41.7. The van der Waals surface area contributed by atoms with Crippen LogP contribution < -0.4 is 14.7 Å². The van der Waals surface area contributed by atoms with Crippen LogP contribution in [0.2, 0.25) is 10.0 Å². The third-order valence-corrected chi connectivity index (χ3v) is 8.30. The van der Waals surface area contributed by atoms with Crippen LogP contribution in [0.1, 0.15) is 46.9 Å². The molecule has 2 N–H and O–H groups in total. The molecule has 0 amide bonds. The molecule has 0 aliphatic carbocycles. The van der Waals surface area contributed by atoms with Gasteiger partial charge in [-0.05, 0) is 66.3 Å². The number of benzene rings is 3. The van der Waals surface area contributed by atoms with Crippen molar-refractivity contribution in [3.05, 3.63) is 105 Å². The Labute approximate surface area is 284 Å². The van der Waals surface area contributed by atoms with Gasteiger partial charge < -0.3 is 29.2 Å². The van der Waals surface area contributed by atoms with Gasteiger partial charge in [0.1, 0.15) is 29.7 Å². The van der Waals surface area contributed by atoms with E-state index in [1.165, 1.54) is 10.6 Å². The summed E-state index contributed by atoms with van der Waals surface area (Å²) in [6.07, 6.45) is -1.33. The first-order valence-electron chi connectivity index (χ1n) is 14.8. The van der Waals surface area contributed by atoms with Crippen LogP contribution in [0.15, 0.2) is 73.1 Å². The Hall–Kier alpha value is -4.52. The lowest BCUT2D eigenvalue weighted by Crippen LogP contribution is -3.04. The summed E-state index contributed by atoms with van der Waals surface area (Å²) in [6.45, 7) is 8.23. The lowest BCUT2D eigenvalue weighted by Gasteiger charge is -2.18. The van der Waals surface area contributed by atoms with Crippen LogP contribution in [0.25, 0.3) is 16.6 Å². The number of hydrogen-bond donors (Lipinski definition) is 2. The number of carboxylic acid groups (broad SMARTS) is 2. The number of ether oxygens (including phenoxy) is 1. The monoisotopic (exact) mass is 704 g/mol. The second-order valence-corrected chi connectivity index (χ2v) is 12.2. The molecule has 1 atom stereocenters. The number of carbonyl (C=O) groups is 2. The van der Waals surface area contributed by atoms with E-state index in [0.717, 1.165) is 46.6 Å².